The number of aryl methyl sites for hydroxylation is 2. The molecule has 6 nitrogen and oxygen atoms in total. The molecule has 0 saturated carbocycles. The van der Waals surface area contributed by atoms with Crippen molar-refractivity contribution in [2.45, 2.75) is 31.2 Å². The van der Waals surface area contributed by atoms with Gasteiger partial charge >= 0.3 is 5.97 Å². The van der Waals surface area contributed by atoms with Gasteiger partial charge in [-0.15, -0.1) is 0 Å². The van der Waals surface area contributed by atoms with Crippen LogP contribution >= 0.6 is 0 Å². The van der Waals surface area contributed by atoms with E-state index in [0.717, 1.165) is 11.4 Å². The number of carboxylic acid groups (broad SMARTS) is 1. The minimum atomic E-state index is -1.42. The molecule has 0 aliphatic rings. The molecule has 19 heavy (non-hydrogen) atoms. The Labute approximate surface area is 112 Å². The van der Waals surface area contributed by atoms with Crippen LogP contribution in [-0.2, 0) is 23.1 Å². The van der Waals surface area contributed by atoms with Crippen molar-refractivity contribution >= 4 is 16.8 Å². The molecule has 0 aliphatic carbocycles. The summed E-state index contributed by atoms with van der Waals surface area (Å²) in [5.41, 5.74) is 1.70. The number of hydrogen-bond acceptors (Lipinski definition) is 4. The summed E-state index contributed by atoms with van der Waals surface area (Å²) < 4.78 is 18.9. The van der Waals surface area contributed by atoms with Crippen LogP contribution in [0.4, 0.5) is 0 Å². The molecule has 0 aliphatic heterocycles. The van der Waals surface area contributed by atoms with Gasteiger partial charge < -0.3 is 9.52 Å². The van der Waals surface area contributed by atoms with E-state index in [9.17, 15) is 9.00 Å². The summed E-state index contributed by atoms with van der Waals surface area (Å²) in [4.78, 5) is 10.7. The van der Waals surface area contributed by atoms with Crippen molar-refractivity contribution in [3.63, 3.8) is 0 Å². The van der Waals surface area contributed by atoms with Crippen LogP contribution in [0.15, 0.2) is 27.7 Å². The first-order valence-electron chi connectivity index (χ1n) is 5.76. The van der Waals surface area contributed by atoms with E-state index in [0.29, 0.717) is 6.54 Å². The number of rotatable bonds is 5. The second-order valence-electron chi connectivity index (χ2n) is 4.01. The Bertz CT molecular complexity index is 629. The number of aromatic nitrogens is 2. The fourth-order valence-electron chi connectivity index (χ4n) is 1.75. The Morgan fingerprint density at radius 2 is 2.26 bits per heavy atom. The summed E-state index contributed by atoms with van der Waals surface area (Å²) in [5, 5.41) is 13.2. The maximum atomic E-state index is 12.1. The predicted molar refractivity (Wildman–Crippen MR) is 68.4 cm³/mol. The van der Waals surface area contributed by atoms with E-state index in [2.05, 4.69) is 5.10 Å². The standard InChI is InChI=1S/C12H14N2O4S/c1-3-14-9(6-8(2)13-14)7-19(17)11-5-4-10(18-11)12(15)16/h4-6H,3,7H2,1-2H3,(H,15,16). The molecule has 0 bridgehead atoms. The van der Waals surface area contributed by atoms with Gasteiger partial charge in [-0.05, 0) is 32.0 Å². The molecular weight excluding hydrogens is 268 g/mol. The largest absolute Gasteiger partial charge is 0.475 e. The lowest BCUT2D eigenvalue weighted by Crippen LogP contribution is -2.05. The van der Waals surface area contributed by atoms with E-state index in [1.807, 2.05) is 19.9 Å². The zero-order valence-electron chi connectivity index (χ0n) is 10.6. The van der Waals surface area contributed by atoms with Gasteiger partial charge in [-0.1, -0.05) is 0 Å². The van der Waals surface area contributed by atoms with Crippen LogP contribution in [0.2, 0.25) is 0 Å². The van der Waals surface area contributed by atoms with E-state index in [1.54, 1.807) is 4.68 Å². The Morgan fingerprint density at radius 3 is 2.84 bits per heavy atom. The van der Waals surface area contributed by atoms with Crippen molar-refractivity contribution in [3.8, 4) is 0 Å². The second-order valence-corrected chi connectivity index (χ2v) is 5.39. The van der Waals surface area contributed by atoms with Gasteiger partial charge in [0.15, 0.2) is 5.09 Å². The molecule has 0 amide bonds. The minimum absolute atomic E-state index is 0.166. The third-order valence-electron chi connectivity index (χ3n) is 2.58. The van der Waals surface area contributed by atoms with Gasteiger partial charge in [0.25, 0.3) is 0 Å². The van der Waals surface area contributed by atoms with E-state index < -0.39 is 16.8 Å². The number of nitrogens with zero attached hydrogens (tertiary/aromatic N) is 2. The van der Waals surface area contributed by atoms with E-state index >= 15 is 0 Å². The highest BCUT2D eigenvalue weighted by Crippen LogP contribution is 2.16. The number of furan rings is 1. The highest BCUT2D eigenvalue weighted by Gasteiger charge is 2.16. The summed E-state index contributed by atoms with van der Waals surface area (Å²) in [5.74, 6) is -1.12. The first-order valence-corrected chi connectivity index (χ1v) is 7.08. The smallest absolute Gasteiger partial charge is 0.371 e. The van der Waals surface area contributed by atoms with Crippen LogP contribution in [0, 0.1) is 6.92 Å². The molecule has 0 fully saturated rings. The van der Waals surface area contributed by atoms with Crippen molar-refractivity contribution in [1.29, 1.82) is 0 Å². The molecule has 2 aromatic heterocycles. The lowest BCUT2D eigenvalue weighted by atomic mass is 10.4. The molecule has 2 heterocycles. The maximum Gasteiger partial charge on any atom is 0.371 e. The predicted octanol–water partition coefficient (Wildman–Crippen LogP) is 1.81. The fourth-order valence-corrected chi connectivity index (χ4v) is 2.80. The number of carbonyl (C=O) groups is 1. The SMILES string of the molecule is CCn1nc(C)cc1CS(=O)c1ccc(C(=O)O)o1. The molecule has 0 radical (unpaired) electrons. The highest BCUT2D eigenvalue weighted by molar-refractivity contribution is 7.84. The molecule has 2 aromatic rings. The third kappa shape index (κ3) is 2.93. The van der Waals surface area contributed by atoms with Crippen LogP contribution in [0.5, 0.6) is 0 Å². The Balaban J connectivity index is 2.18. The first kappa shape index (κ1) is 13.5. The molecule has 102 valence electrons. The van der Waals surface area contributed by atoms with Crippen molar-refractivity contribution < 1.29 is 18.5 Å². The summed E-state index contributed by atoms with van der Waals surface area (Å²) in [6, 6.07) is 4.60. The number of carboxylic acids is 1. The topological polar surface area (TPSA) is 85.3 Å². The maximum absolute atomic E-state index is 12.1. The minimum Gasteiger partial charge on any atom is -0.475 e. The number of hydrogen-bond donors (Lipinski definition) is 1. The third-order valence-corrected chi connectivity index (χ3v) is 3.81. The first-order chi connectivity index (χ1) is 9.01. The van der Waals surface area contributed by atoms with Crippen molar-refractivity contribution in [1.82, 2.24) is 9.78 Å². The molecule has 7 heteroatoms. The van der Waals surface area contributed by atoms with Crippen LogP contribution in [0.1, 0.15) is 28.9 Å². The lowest BCUT2D eigenvalue weighted by molar-refractivity contribution is 0.0656. The molecule has 0 saturated heterocycles. The average Bonchev–Trinajstić information content (AvgIpc) is 2.95. The normalized spacial score (nSPS) is 12.5. The molecule has 1 atom stereocenters. The molecule has 2 rings (SSSR count). The molecule has 0 spiro atoms. The molecular formula is C12H14N2O4S. The van der Waals surface area contributed by atoms with Gasteiger partial charge in [0.05, 0.1) is 27.9 Å². The zero-order valence-corrected chi connectivity index (χ0v) is 11.4. The molecule has 1 unspecified atom stereocenters. The van der Waals surface area contributed by atoms with Gasteiger partial charge in [0.1, 0.15) is 0 Å². The van der Waals surface area contributed by atoms with Gasteiger partial charge in [0.2, 0.25) is 5.76 Å². The Hall–Kier alpha value is -1.89. The summed E-state index contributed by atoms with van der Waals surface area (Å²) >= 11 is 0. The van der Waals surface area contributed by atoms with Gasteiger partial charge in [-0.25, -0.2) is 4.79 Å². The van der Waals surface area contributed by atoms with E-state index in [1.165, 1.54) is 12.1 Å². The average molecular weight is 282 g/mol. The number of aromatic carboxylic acids is 1. The summed E-state index contributed by atoms with van der Waals surface area (Å²) in [7, 11) is -1.42. The van der Waals surface area contributed by atoms with Crippen molar-refractivity contribution in [2.75, 3.05) is 0 Å². The quantitative estimate of drug-likeness (QED) is 0.904. The highest BCUT2D eigenvalue weighted by atomic mass is 32.2. The van der Waals surface area contributed by atoms with Crippen LogP contribution < -0.4 is 0 Å². The Morgan fingerprint density at radius 1 is 1.53 bits per heavy atom. The summed E-state index contributed by atoms with van der Waals surface area (Å²) in [6.45, 7) is 4.52. The summed E-state index contributed by atoms with van der Waals surface area (Å²) in [6.07, 6.45) is 0. The van der Waals surface area contributed by atoms with Crippen molar-refractivity contribution in [2.24, 2.45) is 0 Å². The van der Waals surface area contributed by atoms with Gasteiger partial charge in [-0.3, -0.25) is 8.89 Å². The monoisotopic (exact) mass is 282 g/mol. The van der Waals surface area contributed by atoms with Crippen LogP contribution in [-0.4, -0.2) is 25.1 Å². The van der Waals surface area contributed by atoms with Gasteiger partial charge in [-0.2, -0.15) is 5.10 Å². The van der Waals surface area contributed by atoms with E-state index in [4.69, 9.17) is 9.52 Å². The lowest BCUT2D eigenvalue weighted by Gasteiger charge is -2.02. The van der Waals surface area contributed by atoms with Crippen molar-refractivity contribution in [3.05, 3.63) is 35.3 Å². The molecule has 0 aromatic carbocycles. The van der Waals surface area contributed by atoms with Crippen LogP contribution in [0.25, 0.3) is 0 Å². The Kier molecular flexibility index (Phi) is 3.84. The van der Waals surface area contributed by atoms with E-state index in [-0.39, 0.29) is 16.6 Å². The molecule has 1 N–H and O–H groups in total. The second kappa shape index (κ2) is 5.40. The van der Waals surface area contributed by atoms with Crippen LogP contribution in [0.3, 0.4) is 0 Å². The zero-order chi connectivity index (χ0) is 14.0. The fraction of sp³-hybridized carbons (Fsp3) is 0.333. The van der Waals surface area contributed by atoms with Gasteiger partial charge in [0, 0.05) is 6.54 Å².